The first-order valence-electron chi connectivity index (χ1n) is 6.88. The van der Waals surface area contributed by atoms with E-state index >= 15 is 0 Å². The van der Waals surface area contributed by atoms with Gasteiger partial charge in [0.05, 0.1) is 6.04 Å². The van der Waals surface area contributed by atoms with Crippen molar-refractivity contribution in [1.82, 2.24) is 4.90 Å². The number of anilines is 1. The number of para-hydroxylation sites is 1. The normalized spacial score (nSPS) is 18.8. The molecule has 0 saturated carbocycles. The molecule has 108 valence electrons. The van der Waals surface area contributed by atoms with Crippen molar-refractivity contribution in [1.29, 1.82) is 0 Å². The number of rotatable bonds is 6. The largest absolute Gasteiger partial charge is 0.481 e. The van der Waals surface area contributed by atoms with Crippen molar-refractivity contribution in [3.8, 4) is 0 Å². The molecule has 0 aromatic heterocycles. The molecule has 1 aliphatic heterocycles. The monoisotopic (exact) mass is 276 g/mol. The summed E-state index contributed by atoms with van der Waals surface area (Å²) in [6, 6.07) is 9.51. The lowest BCUT2D eigenvalue weighted by Gasteiger charge is -2.23. The topological polar surface area (TPSA) is 60.9 Å². The molecular formula is C15H20N2O3. The third-order valence-corrected chi connectivity index (χ3v) is 3.68. The molecule has 1 atom stereocenters. The van der Waals surface area contributed by atoms with E-state index in [1.54, 1.807) is 4.90 Å². The van der Waals surface area contributed by atoms with Crippen molar-refractivity contribution in [2.75, 3.05) is 25.0 Å². The molecule has 5 nitrogen and oxygen atoms in total. The molecule has 20 heavy (non-hydrogen) atoms. The maximum absolute atomic E-state index is 12.4. The summed E-state index contributed by atoms with van der Waals surface area (Å²) in [4.78, 5) is 26.7. The SMILES string of the molecule is CN(CCCC(=O)O)[C@@H]1CCN(c2ccccc2)C1=O. The highest BCUT2D eigenvalue weighted by atomic mass is 16.4. The second-order valence-electron chi connectivity index (χ2n) is 5.11. The number of carboxylic acid groups (broad SMARTS) is 1. The lowest BCUT2D eigenvalue weighted by Crippen LogP contribution is -2.40. The van der Waals surface area contributed by atoms with Gasteiger partial charge in [0.25, 0.3) is 0 Å². The van der Waals surface area contributed by atoms with E-state index in [2.05, 4.69) is 0 Å². The summed E-state index contributed by atoms with van der Waals surface area (Å²) in [6.07, 6.45) is 1.51. The van der Waals surface area contributed by atoms with Crippen molar-refractivity contribution in [3.63, 3.8) is 0 Å². The van der Waals surface area contributed by atoms with Gasteiger partial charge < -0.3 is 10.0 Å². The van der Waals surface area contributed by atoms with Gasteiger partial charge in [-0.25, -0.2) is 0 Å². The predicted molar refractivity (Wildman–Crippen MR) is 76.7 cm³/mol. The molecule has 0 unspecified atom stereocenters. The van der Waals surface area contributed by atoms with Crippen LogP contribution in [0.1, 0.15) is 19.3 Å². The molecule has 1 aliphatic rings. The second-order valence-corrected chi connectivity index (χ2v) is 5.11. The summed E-state index contributed by atoms with van der Waals surface area (Å²) in [5.41, 5.74) is 0.930. The fourth-order valence-electron chi connectivity index (χ4n) is 2.57. The van der Waals surface area contributed by atoms with E-state index < -0.39 is 5.97 Å². The van der Waals surface area contributed by atoms with E-state index in [1.807, 2.05) is 42.3 Å². The number of aliphatic carboxylic acids is 1. The fourth-order valence-corrected chi connectivity index (χ4v) is 2.57. The first-order valence-corrected chi connectivity index (χ1v) is 6.88. The van der Waals surface area contributed by atoms with Gasteiger partial charge >= 0.3 is 5.97 Å². The molecular weight excluding hydrogens is 256 g/mol. The zero-order chi connectivity index (χ0) is 14.5. The maximum Gasteiger partial charge on any atom is 0.303 e. The molecule has 1 heterocycles. The van der Waals surface area contributed by atoms with Crippen molar-refractivity contribution < 1.29 is 14.7 Å². The van der Waals surface area contributed by atoms with Gasteiger partial charge in [-0.15, -0.1) is 0 Å². The highest BCUT2D eigenvalue weighted by molar-refractivity contribution is 5.99. The third kappa shape index (κ3) is 3.36. The van der Waals surface area contributed by atoms with Crippen LogP contribution >= 0.6 is 0 Å². The Bertz CT molecular complexity index is 475. The minimum atomic E-state index is -0.790. The smallest absolute Gasteiger partial charge is 0.303 e. The molecule has 1 aromatic rings. The number of amides is 1. The average Bonchev–Trinajstić information content (AvgIpc) is 2.81. The maximum atomic E-state index is 12.4. The van der Waals surface area contributed by atoms with E-state index in [-0.39, 0.29) is 18.4 Å². The second kappa shape index (κ2) is 6.52. The number of hydrogen-bond acceptors (Lipinski definition) is 3. The van der Waals surface area contributed by atoms with Crippen LogP contribution in [0.15, 0.2) is 30.3 Å². The molecule has 1 fully saturated rings. The average molecular weight is 276 g/mol. The van der Waals surface area contributed by atoms with Crippen molar-refractivity contribution in [2.24, 2.45) is 0 Å². The van der Waals surface area contributed by atoms with E-state index in [9.17, 15) is 9.59 Å². The summed E-state index contributed by atoms with van der Waals surface area (Å²) in [5, 5.41) is 8.64. The van der Waals surface area contributed by atoms with Gasteiger partial charge in [-0.1, -0.05) is 18.2 Å². The number of likely N-dealkylation sites (N-methyl/N-ethyl adjacent to an activating group) is 1. The Labute approximate surface area is 118 Å². The van der Waals surface area contributed by atoms with Crippen molar-refractivity contribution in [2.45, 2.75) is 25.3 Å². The van der Waals surface area contributed by atoms with E-state index in [0.29, 0.717) is 13.0 Å². The molecule has 2 rings (SSSR count). The third-order valence-electron chi connectivity index (χ3n) is 3.68. The zero-order valence-electron chi connectivity index (χ0n) is 11.7. The fraction of sp³-hybridized carbons (Fsp3) is 0.467. The van der Waals surface area contributed by atoms with Crippen LogP contribution in [0.3, 0.4) is 0 Å². The first kappa shape index (κ1) is 14.5. The van der Waals surface area contributed by atoms with Gasteiger partial charge in [0.2, 0.25) is 5.91 Å². The Kier molecular flexibility index (Phi) is 4.74. The van der Waals surface area contributed by atoms with Crippen LogP contribution in [-0.4, -0.2) is 48.1 Å². The van der Waals surface area contributed by atoms with Crippen LogP contribution in [0.2, 0.25) is 0 Å². The lowest BCUT2D eigenvalue weighted by atomic mass is 10.2. The van der Waals surface area contributed by atoms with Crippen LogP contribution in [0.25, 0.3) is 0 Å². The van der Waals surface area contributed by atoms with Crippen LogP contribution in [0.4, 0.5) is 5.69 Å². The Morgan fingerprint density at radius 2 is 2.10 bits per heavy atom. The van der Waals surface area contributed by atoms with Gasteiger partial charge in [-0.05, 0) is 38.6 Å². The van der Waals surface area contributed by atoms with Crippen molar-refractivity contribution in [3.05, 3.63) is 30.3 Å². The van der Waals surface area contributed by atoms with Gasteiger partial charge in [-0.2, -0.15) is 0 Å². The minimum absolute atomic E-state index is 0.106. The van der Waals surface area contributed by atoms with Crippen LogP contribution in [0, 0.1) is 0 Å². The van der Waals surface area contributed by atoms with Gasteiger partial charge in [0, 0.05) is 18.7 Å². The van der Waals surface area contributed by atoms with Crippen LogP contribution < -0.4 is 4.90 Å². The summed E-state index contributed by atoms with van der Waals surface area (Å²) >= 11 is 0. The Hall–Kier alpha value is -1.88. The minimum Gasteiger partial charge on any atom is -0.481 e. The molecule has 5 heteroatoms. The Morgan fingerprint density at radius 1 is 1.40 bits per heavy atom. The standard InChI is InChI=1S/C15H20N2O3/c1-16(10-5-8-14(18)19)13-9-11-17(15(13)20)12-6-3-2-4-7-12/h2-4,6-7,13H,5,8-11H2,1H3,(H,18,19)/t13-/m1/s1. The van der Waals surface area contributed by atoms with Crippen molar-refractivity contribution >= 4 is 17.6 Å². The summed E-state index contributed by atoms with van der Waals surface area (Å²) < 4.78 is 0. The van der Waals surface area contributed by atoms with Gasteiger partial charge in [0.15, 0.2) is 0 Å². The highest BCUT2D eigenvalue weighted by Crippen LogP contribution is 2.23. The molecule has 1 aromatic carbocycles. The molecule has 1 saturated heterocycles. The number of carbonyl (C=O) groups is 2. The first-order chi connectivity index (χ1) is 9.59. The Morgan fingerprint density at radius 3 is 2.75 bits per heavy atom. The van der Waals surface area contributed by atoms with Crippen LogP contribution in [-0.2, 0) is 9.59 Å². The molecule has 0 aliphatic carbocycles. The molecule has 1 N–H and O–H groups in total. The summed E-state index contributed by atoms with van der Waals surface area (Å²) in [7, 11) is 1.89. The number of carbonyl (C=O) groups excluding carboxylic acids is 1. The quantitative estimate of drug-likeness (QED) is 0.857. The molecule has 0 bridgehead atoms. The zero-order valence-corrected chi connectivity index (χ0v) is 11.7. The number of carboxylic acids is 1. The number of nitrogens with zero attached hydrogens (tertiary/aromatic N) is 2. The predicted octanol–water partition coefficient (Wildman–Crippen LogP) is 1.59. The van der Waals surface area contributed by atoms with E-state index in [4.69, 9.17) is 5.11 Å². The van der Waals surface area contributed by atoms with Crippen LogP contribution in [0.5, 0.6) is 0 Å². The molecule has 0 radical (unpaired) electrons. The highest BCUT2D eigenvalue weighted by Gasteiger charge is 2.34. The number of hydrogen-bond donors (Lipinski definition) is 1. The summed E-state index contributed by atoms with van der Waals surface area (Å²) in [6.45, 7) is 1.35. The molecule has 1 amide bonds. The number of benzene rings is 1. The Balaban J connectivity index is 1.92. The molecule has 0 spiro atoms. The van der Waals surface area contributed by atoms with E-state index in [0.717, 1.165) is 18.7 Å². The van der Waals surface area contributed by atoms with Gasteiger partial charge in [0.1, 0.15) is 0 Å². The van der Waals surface area contributed by atoms with E-state index in [1.165, 1.54) is 0 Å². The van der Waals surface area contributed by atoms with Gasteiger partial charge in [-0.3, -0.25) is 14.5 Å². The summed E-state index contributed by atoms with van der Waals surface area (Å²) in [5.74, 6) is -0.684. The lowest BCUT2D eigenvalue weighted by molar-refractivity contribution is -0.137.